The van der Waals surface area contributed by atoms with Crippen molar-refractivity contribution < 1.29 is 0 Å². The molecule has 0 aliphatic carbocycles. The lowest BCUT2D eigenvalue weighted by Gasteiger charge is -2.26. The number of hydrogen-bond acceptors (Lipinski definition) is 4. The van der Waals surface area contributed by atoms with Gasteiger partial charge < -0.3 is 9.88 Å². The molecule has 0 unspecified atom stereocenters. The predicted octanol–water partition coefficient (Wildman–Crippen LogP) is 1.63. The van der Waals surface area contributed by atoms with Crippen molar-refractivity contribution in [2.75, 3.05) is 19.6 Å². The highest BCUT2D eigenvalue weighted by Crippen LogP contribution is 2.12. The van der Waals surface area contributed by atoms with Crippen molar-refractivity contribution in [1.29, 1.82) is 0 Å². The van der Waals surface area contributed by atoms with Gasteiger partial charge in [0.25, 0.3) is 5.56 Å². The first-order valence-electron chi connectivity index (χ1n) is 7.18. The average molecular weight is 293 g/mol. The minimum atomic E-state index is -0.292. The molecule has 5 nitrogen and oxygen atoms in total. The second kappa shape index (κ2) is 5.93. The summed E-state index contributed by atoms with van der Waals surface area (Å²) in [7, 11) is 0. The minimum Gasteiger partial charge on any atom is -0.306 e. The Labute approximate surface area is 120 Å². The standard InChI is InChI=1S/C14H19N3O2S/c18-13-12-11(5-10-20-12)15-14(19)17(13)9-4-8-16-6-2-1-3-7-16/h5,10H,1-4,6-9H2,(H,15,19). The first kappa shape index (κ1) is 13.6. The van der Waals surface area contributed by atoms with Crippen LogP contribution in [0.15, 0.2) is 21.0 Å². The topological polar surface area (TPSA) is 58.1 Å². The highest BCUT2D eigenvalue weighted by Gasteiger charge is 2.11. The van der Waals surface area contributed by atoms with E-state index in [1.165, 1.54) is 35.2 Å². The third kappa shape index (κ3) is 2.71. The molecule has 0 spiro atoms. The summed E-state index contributed by atoms with van der Waals surface area (Å²) < 4.78 is 1.98. The molecule has 0 radical (unpaired) electrons. The van der Waals surface area contributed by atoms with Crippen molar-refractivity contribution in [2.24, 2.45) is 0 Å². The van der Waals surface area contributed by atoms with Crippen LogP contribution in [-0.2, 0) is 6.54 Å². The molecule has 3 heterocycles. The molecular formula is C14H19N3O2S. The van der Waals surface area contributed by atoms with Gasteiger partial charge in [0.15, 0.2) is 0 Å². The molecule has 6 heteroatoms. The molecule has 0 aromatic carbocycles. The fourth-order valence-electron chi connectivity index (χ4n) is 2.81. The molecule has 1 N–H and O–H groups in total. The Morgan fingerprint density at radius 3 is 2.75 bits per heavy atom. The van der Waals surface area contributed by atoms with Gasteiger partial charge in [0.2, 0.25) is 0 Å². The molecule has 3 rings (SSSR count). The van der Waals surface area contributed by atoms with Crippen LogP contribution in [0.2, 0.25) is 0 Å². The summed E-state index contributed by atoms with van der Waals surface area (Å²) in [5.74, 6) is 0. The molecule has 0 bridgehead atoms. The van der Waals surface area contributed by atoms with E-state index in [1.54, 1.807) is 6.07 Å². The van der Waals surface area contributed by atoms with Crippen LogP contribution in [0.5, 0.6) is 0 Å². The van der Waals surface area contributed by atoms with E-state index >= 15 is 0 Å². The van der Waals surface area contributed by atoms with Gasteiger partial charge in [0, 0.05) is 6.54 Å². The Morgan fingerprint density at radius 2 is 1.95 bits per heavy atom. The number of thiophene rings is 1. The molecule has 20 heavy (non-hydrogen) atoms. The summed E-state index contributed by atoms with van der Waals surface area (Å²) in [5, 5.41) is 1.83. The van der Waals surface area contributed by atoms with Crippen molar-refractivity contribution in [3.05, 3.63) is 32.3 Å². The van der Waals surface area contributed by atoms with E-state index in [9.17, 15) is 9.59 Å². The predicted molar refractivity (Wildman–Crippen MR) is 81.6 cm³/mol. The number of aromatic nitrogens is 2. The number of H-pyrrole nitrogens is 1. The quantitative estimate of drug-likeness (QED) is 0.932. The van der Waals surface area contributed by atoms with E-state index in [0.29, 0.717) is 16.8 Å². The molecule has 108 valence electrons. The Kier molecular flexibility index (Phi) is 4.03. The third-order valence-electron chi connectivity index (χ3n) is 3.90. The normalized spacial score (nSPS) is 16.8. The maximum absolute atomic E-state index is 12.2. The highest BCUT2D eigenvalue weighted by atomic mass is 32.1. The van der Waals surface area contributed by atoms with Gasteiger partial charge in [-0.25, -0.2) is 4.79 Å². The second-order valence-corrected chi connectivity index (χ2v) is 6.22. The molecule has 1 saturated heterocycles. The Balaban J connectivity index is 1.70. The summed E-state index contributed by atoms with van der Waals surface area (Å²) in [6, 6.07) is 1.78. The van der Waals surface area contributed by atoms with E-state index in [-0.39, 0.29) is 11.2 Å². The van der Waals surface area contributed by atoms with Crippen molar-refractivity contribution in [1.82, 2.24) is 14.5 Å². The molecule has 0 atom stereocenters. The number of rotatable bonds is 4. The van der Waals surface area contributed by atoms with Crippen molar-refractivity contribution >= 4 is 21.6 Å². The van der Waals surface area contributed by atoms with Crippen LogP contribution < -0.4 is 11.2 Å². The van der Waals surface area contributed by atoms with Crippen LogP contribution in [-0.4, -0.2) is 34.1 Å². The largest absolute Gasteiger partial charge is 0.328 e. The van der Waals surface area contributed by atoms with E-state index in [4.69, 9.17) is 0 Å². The summed E-state index contributed by atoms with van der Waals surface area (Å²) in [6.07, 6.45) is 4.70. The maximum atomic E-state index is 12.2. The van der Waals surface area contributed by atoms with Gasteiger partial charge >= 0.3 is 5.69 Å². The lowest BCUT2D eigenvalue weighted by molar-refractivity contribution is 0.222. The maximum Gasteiger partial charge on any atom is 0.328 e. The summed E-state index contributed by atoms with van der Waals surface area (Å²) >= 11 is 1.38. The number of aromatic amines is 1. The fraction of sp³-hybridized carbons (Fsp3) is 0.571. The Hall–Kier alpha value is -1.40. The lowest BCUT2D eigenvalue weighted by atomic mass is 10.1. The number of likely N-dealkylation sites (tertiary alicyclic amines) is 1. The molecule has 0 saturated carbocycles. The van der Waals surface area contributed by atoms with Gasteiger partial charge in [0.1, 0.15) is 4.70 Å². The first-order chi connectivity index (χ1) is 9.75. The number of hydrogen-bond donors (Lipinski definition) is 1. The zero-order valence-corrected chi connectivity index (χ0v) is 12.2. The van der Waals surface area contributed by atoms with E-state index in [1.807, 2.05) is 5.38 Å². The Morgan fingerprint density at radius 1 is 1.15 bits per heavy atom. The fourth-order valence-corrected chi connectivity index (χ4v) is 3.61. The monoisotopic (exact) mass is 293 g/mol. The van der Waals surface area contributed by atoms with Crippen LogP contribution in [0, 0.1) is 0 Å². The SMILES string of the molecule is O=c1[nH]c2ccsc2c(=O)n1CCCN1CCCCC1. The molecule has 2 aromatic rings. The van der Waals surface area contributed by atoms with Gasteiger partial charge in [-0.2, -0.15) is 0 Å². The van der Waals surface area contributed by atoms with Gasteiger partial charge in [-0.1, -0.05) is 6.42 Å². The van der Waals surface area contributed by atoms with Gasteiger partial charge in [0.05, 0.1) is 5.52 Å². The molecule has 1 aliphatic rings. The van der Waals surface area contributed by atoms with Crippen LogP contribution >= 0.6 is 11.3 Å². The van der Waals surface area contributed by atoms with Crippen LogP contribution in [0.1, 0.15) is 25.7 Å². The van der Waals surface area contributed by atoms with Crippen LogP contribution in [0.4, 0.5) is 0 Å². The van der Waals surface area contributed by atoms with Crippen LogP contribution in [0.25, 0.3) is 10.2 Å². The van der Waals surface area contributed by atoms with Crippen LogP contribution in [0.3, 0.4) is 0 Å². The van der Waals surface area contributed by atoms with Gasteiger partial charge in [-0.05, 0) is 50.3 Å². The zero-order valence-electron chi connectivity index (χ0n) is 11.4. The third-order valence-corrected chi connectivity index (χ3v) is 4.80. The summed E-state index contributed by atoms with van der Waals surface area (Å²) in [6.45, 7) is 3.76. The molecule has 2 aromatic heterocycles. The first-order valence-corrected chi connectivity index (χ1v) is 8.06. The van der Waals surface area contributed by atoms with E-state index in [2.05, 4.69) is 9.88 Å². The number of fused-ring (bicyclic) bond motifs is 1. The molecule has 0 amide bonds. The summed E-state index contributed by atoms with van der Waals surface area (Å²) in [5.41, 5.74) is 0.203. The molecule has 1 fully saturated rings. The minimum absolute atomic E-state index is 0.155. The smallest absolute Gasteiger partial charge is 0.306 e. The molecule has 1 aliphatic heterocycles. The second-order valence-electron chi connectivity index (χ2n) is 5.31. The highest BCUT2D eigenvalue weighted by molar-refractivity contribution is 7.17. The zero-order chi connectivity index (χ0) is 13.9. The van der Waals surface area contributed by atoms with Gasteiger partial charge in [-0.15, -0.1) is 11.3 Å². The number of piperidine rings is 1. The Bertz CT molecular complexity index is 694. The van der Waals surface area contributed by atoms with Gasteiger partial charge in [-0.3, -0.25) is 9.36 Å². The number of nitrogens with zero attached hydrogens (tertiary/aromatic N) is 2. The van der Waals surface area contributed by atoms with E-state index < -0.39 is 0 Å². The molecular weight excluding hydrogens is 274 g/mol. The van der Waals surface area contributed by atoms with E-state index in [0.717, 1.165) is 26.1 Å². The average Bonchev–Trinajstić information content (AvgIpc) is 2.92. The van der Waals surface area contributed by atoms with Crippen molar-refractivity contribution in [2.45, 2.75) is 32.2 Å². The van der Waals surface area contributed by atoms with Crippen molar-refractivity contribution in [3.8, 4) is 0 Å². The lowest BCUT2D eigenvalue weighted by Crippen LogP contribution is -2.36. The van der Waals surface area contributed by atoms with Crippen molar-refractivity contribution in [3.63, 3.8) is 0 Å². The number of nitrogens with one attached hydrogen (secondary N) is 1. The summed E-state index contributed by atoms with van der Waals surface area (Å²) in [4.78, 5) is 29.4.